The lowest BCUT2D eigenvalue weighted by Gasteiger charge is -2.35. The number of likely N-dealkylation sites (tertiary alicyclic amines) is 1. The molecule has 0 spiro atoms. The van der Waals surface area contributed by atoms with E-state index in [2.05, 4.69) is 27.3 Å². The summed E-state index contributed by atoms with van der Waals surface area (Å²) < 4.78 is 0. The number of piperidine rings is 1. The van der Waals surface area contributed by atoms with Crippen molar-refractivity contribution in [3.05, 3.63) is 30.0 Å². The monoisotopic (exact) mass is 314 g/mol. The van der Waals surface area contributed by atoms with E-state index in [9.17, 15) is 4.79 Å². The summed E-state index contributed by atoms with van der Waals surface area (Å²) in [4.78, 5) is 15.1. The summed E-state index contributed by atoms with van der Waals surface area (Å²) >= 11 is 0. The molecular weight excluding hydrogens is 288 g/mol. The number of hydrogen-bond donors (Lipinski definition) is 2. The highest BCUT2D eigenvalue weighted by Crippen LogP contribution is 2.18. The first-order chi connectivity index (χ1) is 11.3. The number of amides is 1. The van der Waals surface area contributed by atoms with Gasteiger partial charge in [-0.3, -0.25) is 14.8 Å². The molecule has 23 heavy (non-hydrogen) atoms. The molecule has 3 rings (SSSR count). The maximum atomic E-state index is 12.5. The molecule has 1 saturated heterocycles. The average Bonchev–Trinajstić information content (AvgIpc) is 3.07. The third kappa shape index (κ3) is 3.72. The molecular formula is C18H26N4O. The SMILES string of the molecule is CCCCN1CCCCC1CNC(=O)c1cccc2cn[nH]c12. The molecule has 2 heterocycles. The Morgan fingerprint density at radius 3 is 3.22 bits per heavy atom. The van der Waals surface area contributed by atoms with Crippen LogP contribution in [0.25, 0.3) is 10.9 Å². The van der Waals surface area contributed by atoms with Crippen molar-refractivity contribution in [2.45, 2.75) is 45.1 Å². The Morgan fingerprint density at radius 2 is 2.35 bits per heavy atom. The zero-order chi connectivity index (χ0) is 16.1. The number of carbonyl (C=O) groups is 1. The fourth-order valence-electron chi connectivity index (χ4n) is 3.41. The maximum absolute atomic E-state index is 12.5. The highest BCUT2D eigenvalue weighted by molar-refractivity contribution is 6.05. The second kappa shape index (κ2) is 7.59. The molecule has 0 radical (unpaired) electrons. The van der Waals surface area contributed by atoms with Crippen LogP contribution >= 0.6 is 0 Å². The van der Waals surface area contributed by atoms with Crippen molar-refractivity contribution < 1.29 is 4.79 Å². The number of benzene rings is 1. The summed E-state index contributed by atoms with van der Waals surface area (Å²) in [6, 6.07) is 6.19. The van der Waals surface area contributed by atoms with E-state index in [4.69, 9.17) is 0 Å². The molecule has 1 aliphatic rings. The molecule has 1 atom stereocenters. The number of carbonyl (C=O) groups excluding carboxylic acids is 1. The molecule has 124 valence electrons. The Kier molecular flexibility index (Phi) is 5.28. The van der Waals surface area contributed by atoms with E-state index in [1.807, 2.05) is 18.2 Å². The van der Waals surface area contributed by atoms with Crippen molar-refractivity contribution in [2.24, 2.45) is 0 Å². The van der Waals surface area contributed by atoms with Crippen LogP contribution in [0.3, 0.4) is 0 Å². The fourth-order valence-corrected chi connectivity index (χ4v) is 3.41. The number of nitrogens with one attached hydrogen (secondary N) is 2. The van der Waals surface area contributed by atoms with Crippen LogP contribution < -0.4 is 5.32 Å². The number of H-pyrrole nitrogens is 1. The van der Waals surface area contributed by atoms with Gasteiger partial charge in [-0.15, -0.1) is 0 Å². The van der Waals surface area contributed by atoms with E-state index >= 15 is 0 Å². The van der Waals surface area contributed by atoms with Gasteiger partial charge < -0.3 is 5.32 Å². The highest BCUT2D eigenvalue weighted by Gasteiger charge is 2.22. The lowest BCUT2D eigenvalue weighted by Crippen LogP contribution is -2.47. The second-order valence-electron chi connectivity index (χ2n) is 6.39. The third-order valence-corrected chi connectivity index (χ3v) is 4.77. The van der Waals surface area contributed by atoms with Crippen LogP contribution in [0.4, 0.5) is 0 Å². The molecule has 1 amide bonds. The standard InChI is InChI=1S/C18H26N4O/c1-2-3-10-22-11-5-4-8-15(22)13-19-18(23)16-9-6-7-14-12-20-21-17(14)16/h6-7,9,12,15H,2-5,8,10-11,13H2,1H3,(H,19,23)(H,20,21). The molecule has 0 bridgehead atoms. The Hall–Kier alpha value is -1.88. The summed E-state index contributed by atoms with van der Waals surface area (Å²) in [5.41, 5.74) is 1.49. The minimum absolute atomic E-state index is 0.0131. The summed E-state index contributed by atoms with van der Waals surface area (Å²) in [7, 11) is 0. The van der Waals surface area contributed by atoms with Gasteiger partial charge in [0, 0.05) is 18.0 Å². The molecule has 1 unspecified atom stereocenters. The number of rotatable bonds is 6. The van der Waals surface area contributed by atoms with E-state index in [-0.39, 0.29) is 5.91 Å². The van der Waals surface area contributed by atoms with Crippen molar-refractivity contribution in [3.63, 3.8) is 0 Å². The van der Waals surface area contributed by atoms with Gasteiger partial charge in [0.1, 0.15) is 0 Å². The second-order valence-corrected chi connectivity index (χ2v) is 6.39. The van der Waals surface area contributed by atoms with Crippen LogP contribution in [0.1, 0.15) is 49.4 Å². The van der Waals surface area contributed by atoms with Crippen molar-refractivity contribution in [2.75, 3.05) is 19.6 Å². The maximum Gasteiger partial charge on any atom is 0.253 e. The normalized spacial score (nSPS) is 19.1. The Bertz CT molecular complexity index is 651. The Balaban J connectivity index is 1.62. The van der Waals surface area contributed by atoms with E-state index in [1.165, 1.54) is 32.1 Å². The van der Waals surface area contributed by atoms with Gasteiger partial charge in [-0.1, -0.05) is 31.9 Å². The fraction of sp³-hybridized carbons (Fsp3) is 0.556. The number of para-hydroxylation sites is 1. The molecule has 1 aromatic heterocycles. The first-order valence-electron chi connectivity index (χ1n) is 8.74. The Morgan fingerprint density at radius 1 is 1.43 bits per heavy atom. The summed E-state index contributed by atoms with van der Waals surface area (Å²) in [5.74, 6) is -0.0131. The minimum Gasteiger partial charge on any atom is -0.350 e. The molecule has 1 fully saturated rings. The summed E-state index contributed by atoms with van der Waals surface area (Å²) in [5, 5.41) is 11.1. The van der Waals surface area contributed by atoms with Crippen molar-refractivity contribution in [1.29, 1.82) is 0 Å². The van der Waals surface area contributed by atoms with E-state index < -0.39 is 0 Å². The number of unbranched alkanes of at least 4 members (excludes halogenated alkanes) is 1. The summed E-state index contributed by atoms with van der Waals surface area (Å²) in [6.07, 6.45) is 7.92. The van der Waals surface area contributed by atoms with Crippen LogP contribution in [-0.2, 0) is 0 Å². The summed E-state index contributed by atoms with van der Waals surface area (Å²) in [6.45, 7) is 5.27. The van der Waals surface area contributed by atoms with Crippen LogP contribution in [0.5, 0.6) is 0 Å². The highest BCUT2D eigenvalue weighted by atomic mass is 16.1. The first kappa shape index (κ1) is 16.0. The van der Waals surface area contributed by atoms with E-state index in [0.29, 0.717) is 11.6 Å². The lowest BCUT2D eigenvalue weighted by molar-refractivity contribution is 0.0914. The molecule has 5 nitrogen and oxygen atoms in total. The molecule has 0 saturated carbocycles. The lowest BCUT2D eigenvalue weighted by atomic mass is 10.0. The molecule has 1 aliphatic heterocycles. The third-order valence-electron chi connectivity index (χ3n) is 4.77. The van der Waals surface area contributed by atoms with Crippen LogP contribution in [0.2, 0.25) is 0 Å². The number of fused-ring (bicyclic) bond motifs is 1. The Labute approximate surface area is 137 Å². The smallest absolute Gasteiger partial charge is 0.253 e. The minimum atomic E-state index is -0.0131. The van der Waals surface area contributed by atoms with Gasteiger partial charge in [0.25, 0.3) is 5.91 Å². The number of aromatic nitrogens is 2. The quantitative estimate of drug-likeness (QED) is 0.862. The van der Waals surface area contributed by atoms with Gasteiger partial charge in [0.15, 0.2) is 0 Å². The van der Waals surface area contributed by atoms with Gasteiger partial charge in [0.2, 0.25) is 0 Å². The zero-order valence-electron chi connectivity index (χ0n) is 13.8. The zero-order valence-corrected chi connectivity index (χ0v) is 13.8. The predicted molar refractivity (Wildman–Crippen MR) is 92.5 cm³/mol. The number of hydrogen-bond acceptors (Lipinski definition) is 3. The van der Waals surface area contributed by atoms with Crippen LogP contribution in [0, 0.1) is 0 Å². The molecule has 2 N–H and O–H groups in total. The largest absolute Gasteiger partial charge is 0.350 e. The van der Waals surface area contributed by atoms with Crippen molar-refractivity contribution >= 4 is 16.8 Å². The van der Waals surface area contributed by atoms with Crippen molar-refractivity contribution in [3.8, 4) is 0 Å². The molecule has 5 heteroatoms. The van der Waals surface area contributed by atoms with Gasteiger partial charge >= 0.3 is 0 Å². The number of aromatic amines is 1. The van der Waals surface area contributed by atoms with Gasteiger partial charge in [0.05, 0.1) is 17.3 Å². The molecule has 0 aliphatic carbocycles. The van der Waals surface area contributed by atoms with Gasteiger partial charge in [-0.2, -0.15) is 5.10 Å². The average molecular weight is 314 g/mol. The molecule has 2 aromatic rings. The van der Waals surface area contributed by atoms with Crippen molar-refractivity contribution in [1.82, 2.24) is 20.4 Å². The van der Waals surface area contributed by atoms with Crippen LogP contribution in [0.15, 0.2) is 24.4 Å². The number of nitrogens with zero attached hydrogens (tertiary/aromatic N) is 2. The molecule has 1 aromatic carbocycles. The van der Waals surface area contributed by atoms with Gasteiger partial charge in [-0.25, -0.2) is 0 Å². The van der Waals surface area contributed by atoms with Crippen LogP contribution in [-0.4, -0.2) is 46.7 Å². The topological polar surface area (TPSA) is 61.0 Å². The van der Waals surface area contributed by atoms with E-state index in [0.717, 1.165) is 30.5 Å². The first-order valence-corrected chi connectivity index (χ1v) is 8.74. The predicted octanol–water partition coefficient (Wildman–Crippen LogP) is 2.95. The van der Waals surface area contributed by atoms with E-state index in [1.54, 1.807) is 6.20 Å². The van der Waals surface area contributed by atoms with Gasteiger partial charge in [-0.05, 0) is 38.4 Å².